The molecular formula is C22H20F3NO4. The SMILES string of the molecule is Cc1oc(-c2ccc(C(F)(F)F)cc2)nc1C(C)COc1cccc(CC(=O)O)c1. The van der Waals surface area contributed by atoms with Crippen LogP contribution in [0.25, 0.3) is 11.5 Å². The predicted molar refractivity (Wildman–Crippen MR) is 103 cm³/mol. The number of hydrogen-bond donors (Lipinski definition) is 1. The van der Waals surface area contributed by atoms with Gasteiger partial charge in [0.05, 0.1) is 24.3 Å². The van der Waals surface area contributed by atoms with Crippen LogP contribution >= 0.6 is 0 Å². The molecule has 1 unspecified atom stereocenters. The van der Waals surface area contributed by atoms with Crippen LogP contribution < -0.4 is 4.74 Å². The van der Waals surface area contributed by atoms with Crippen molar-refractivity contribution in [3.05, 3.63) is 71.1 Å². The first kappa shape index (κ1) is 21.4. The molecule has 0 aliphatic carbocycles. The summed E-state index contributed by atoms with van der Waals surface area (Å²) in [7, 11) is 0. The number of aryl methyl sites for hydroxylation is 1. The average Bonchev–Trinajstić information content (AvgIpc) is 3.07. The molecule has 3 aromatic rings. The van der Waals surface area contributed by atoms with Gasteiger partial charge in [0.15, 0.2) is 0 Å². The third-order valence-corrected chi connectivity index (χ3v) is 4.51. The van der Waals surface area contributed by atoms with Crippen molar-refractivity contribution in [2.24, 2.45) is 0 Å². The molecule has 0 saturated heterocycles. The van der Waals surface area contributed by atoms with Crippen molar-refractivity contribution in [2.75, 3.05) is 6.61 Å². The number of oxazole rings is 1. The van der Waals surface area contributed by atoms with E-state index >= 15 is 0 Å². The molecule has 1 atom stereocenters. The third kappa shape index (κ3) is 5.20. The highest BCUT2D eigenvalue weighted by Gasteiger charge is 2.30. The zero-order valence-electron chi connectivity index (χ0n) is 16.4. The zero-order chi connectivity index (χ0) is 21.9. The fraction of sp³-hybridized carbons (Fsp3) is 0.273. The monoisotopic (exact) mass is 419 g/mol. The van der Waals surface area contributed by atoms with Gasteiger partial charge in [-0.1, -0.05) is 19.1 Å². The molecule has 0 saturated carbocycles. The molecule has 158 valence electrons. The number of alkyl halides is 3. The molecule has 0 amide bonds. The summed E-state index contributed by atoms with van der Waals surface area (Å²) < 4.78 is 49.6. The van der Waals surface area contributed by atoms with Crippen LogP contribution in [0.5, 0.6) is 5.75 Å². The number of carboxylic acids is 1. The fourth-order valence-corrected chi connectivity index (χ4v) is 3.01. The summed E-state index contributed by atoms with van der Waals surface area (Å²) in [5.74, 6) is 0.270. The Labute approximate surface area is 171 Å². The first-order valence-electron chi connectivity index (χ1n) is 9.22. The lowest BCUT2D eigenvalue weighted by Crippen LogP contribution is -2.09. The number of nitrogens with zero attached hydrogens (tertiary/aromatic N) is 1. The summed E-state index contributed by atoms with van der Waals surface area (Å²) in [5, 5.41) is 8.89. The third-order valence-electron chi connectivity index (χ3n) is 4.51. The highest BCUT2D eigenvalue weighted by molar-refractivity contribution is 5.70. The van der Waals surface area contributed by atoms with Gasteiger partial charge in [0.25, 0.3) is 0 Å². The van der Waals surface area contributed by atoms with E-state index in [1.165, 1.54) is 12.1 Å². The van der Waals surface area contributed by atoms with Gasteiger partial charge in [-0.15, -0.1) is 0 Å². The number of halogens is 3. The first-order valence-corrected chi connectivity index (χ1v) is 9.22. The van der Waals surface area contributed by atoms with Gasteiger partial charge in [0.1, 0.15) is 11.5 Å². The summed E-state index contributed by atoms with van der Waals surface area (Å²) in [5.41, 5.74) is 0.995. The zero-order valence-corrected chi connectivity index (χ0v) is 16.4. The minimum atomic E-state index is -4.40. The Morgan fingerprint density at radius 3 is 2.53 bits per heavy atom. The molecule has 0 fully saturated rings. The Morgan fingerprint density at radius 1 is 1.20 bits per heavy atom. The van der Waals surface area contributed by atoms with Crippen LogP contribution in [0.4, 0.5) is 13.2 Å². The lowest BCUT2D eigenvalue weighted by Gasteiger charge is -2.12. The van der Waals surface area contributed by atoms with Crippen molar-refractivity contribution in [3.63, 3.8) is 0 Å². The number of benzene rings is 2. The van der Waals surface area contributed by atoms with Crippen molar-refractivity contribution in [1.29, 1.82) is 0 Å². The van der Waals surface area contributed by atoms with E-state index in [9.17, 15) is 18.0 Å². The smallest absolute Gasteiger partial charge is 0.416 e. The second kappa shape index (κ2) is 8.61. The standard InChI is InChI=1S/C22H20F3NO4/c1-13(12-29-18-5-3-4-15(10-18)11-19(27)28)20-14(2)30-21(26-20)16-6-8-17(9-7-16)22(23,24)25/h3-10,13H,11-12H2,1-2H3,(H,27,28). The minimum Gasteiger partial charge on any atom is -0.493 e. The topological polar surface area (TPSA) is 72.6 Å². The highest BCUT2D eigenvalue weighted by atomic mass is 19.4. The molecule has 5 nitrogen and oxygen atoms in total. The molecule has 0 radical (unpaired) electrons. The summed E-state index contributed by atoms with van der Waals surface area (Å²) >= 11 is 0. The van der Waals surface area contributed by atoms with E-state index in [0.717, 1.165) is 12.1 Å². The summed E-state index contributed by atoms with van der Waals surface area (Å²) in [6.45, 7) is 3.90. The molecule has 0 aliphatic heterocycles. The number of carbonyl (C=O) groups is 1. The van der Waals surface area contributed by atoms with E-state index in [-0.39, 0.29) is 24.8 Å². The van der Waals surface area contributed by atoms with E-state index in [0.29, 0.717) is 28.3 Å². The van der Waals surface area contributed by atoms with Crippen molar-refractivity contribution in [3.8, 4) is 17.2 Å². The van der Waals surface area contributed by atoms with Crippen LogP contribution in [-0.4, -0.2) is 22.7 Å². The lowest BCUT2D eigenvalue weighted by atomic mass is 10.1. The number of rotatable bonds is 7. The van der Waals surface area contributed by atoms with Crippen molar-refractivity contribution < 1.29 is 32.2 Å². The Kier molecular flexibility index (Phi) is 6.14. The maximum Gasteiger partial charge on any atom is 0.416 e. The summed E-state index contributed by atoms with van der Waals surface area (Å²) in [6.07, 6.45) is -4.49. The fourth-order valence-electron chi connectivity index (χ4n) is 3.01. The molecule has 3 rings (SSSR count). The van der Waals surface area contributed by atoms with Crippen molar-refractivity contribution >= 4 is 5.97 Å². The van der Waals surface area contributed by atoms with Crippen LogP contribution in [0.15, 0.2) is 52.9 Å². The van der Waals surface area contributed by atoms with E-state index in [2.05, 4.69) is 4.98 Å². The summed E-state index contributed by atoms with van der Waals surface area (Å²) in [6, 6.07) is 11.5. The molecule has 1 heterocycles. The van der Waals surface area contributed by atoms with Gasteiger partial charge < -0.3 is 14.3 Å². The number of carboxylic acid groups (broad SMARTS) is 1. The molecule has 8 heteroatoms. The van der Waals surface area contributed by atoms with Gasteiger partial charge in [0, 0.05) is 11.5 Å². The van der Waals surface area contributed by atoms with Gasteiger partial charge in [-0.3, -0.25) is 4.79 Å². The Hall–Kier alpha value is -3.29. The van der Waals surface area contributed by atoms with E-state index in [4.69, 9.17) is 14.3 Å². The Bertz CT molecular complexity index is 1030. The van der Waals surface area contributed by atoms with Crippen LogP contribution in [0.1, 0.15) is 35.4 Å². The van der Waals surface area contributed by atoms with E-state index in [1.54, 1.807) is 31.2 Å². The van der Waals surface area contributed by atoms with Gasteiger partial charge in [0.2, 0.25) is 5.89 Å². The molecule has 0 bridgehead atoms. The highest BCUT2D eigenvalue weighted by Crippen LogP contribution is 2.32. The predicted octanol–water partition coefficient (Wildman–Crippen LogP) is 5.48. The van der Waals surface area contributed by atoms with Crippen LogP contribution in [-0.2, 0) is 17.4 Å². The van der Waals surface area contributed by atoms with Crippen LogP contribution in [0.3, 0.4) is 0 Å². The normalized spacial score (nSPS) is 12.6. The van der Waals surface area contributed by atoms with Crippen LogP contribution in [0.2, 0.25) is 0 Å². The second-order valence-electron chi connectivity index (χ2n) is 6.97. The molecular weight excluding hydrogens is 399 g/mol. The average molecular weight is 419 g/mol. The molecule has 0 spiro atoms. The number of ether oxygens (including phenoxy) is 1. The van der Waals surface area contributed by atoms with Gasteiger partial charge in [-0.2, -0.15) is 13.2 Å². The molecule has 2 aromatic carbocycles. The maximum atomic E-state index is 12.7. The van der Waals surface area contributed by atoms with Gasteiger partial charge in [-0.05, 0) is 48.9 Å². The number of aromatic nitrogens is 1. The Morgan fingerprint density at radius 2 is 1.90 bits per heavy atom. The largest absolute Gasteiger partial charge is 0.493 e. The summed E-state index contributed by atoms with van der Waals surface area (Å²) in [4.78, 5) is 15.3. The van der Waals surface area contributed by atoms with Crippen molar-refractivity contribution in [1.82, 2.24) is 4.98 Å². The maximum absolute atomic E-state index is 12.7. The molecule has 0 aliphatic rings. The number of aliphatic carboxylic acids is 1. The van der Waals surface area contributed by atoms with E-state index < -0.39 is 17.7 Å². The quantitative estimate of drug-likeness (QED) is 0.549. The molecule has 30 heavy (non-hydrogen) atoms. The van der Waals surface area contributed by atoms with Gasteiger partial charge in [-0.25, -0.2) is 4.98 Å². The number of hydrogen-bond acceptors (Lipinski definition) is 4. The minimum absolute atomic E-state index is 0.0916. The Balaban J connectivity index is 1.70. The lowest BCUT2D eigenvalue weighted by molar-refractivity contribution is -0.138. The van der Waals surface area contributed by atoms with Crippen molar-refractivity contribution in [2.45, 2.75) is 32.4 Å². The van der Waals surface area contributed by atoms with Crippen LogP contribution in [0, 0.1) is 6.92 Å². The first-order chi connectivity index (χ1) is 14.1. The van der Waals surface area contributed by atoms with E-state index in [1.807, 2.05) is 6.92 Å². The van der Waals surface area contributed by atoms with Gasteiger partial charge >= 0.3 is 12.1 Å². The molecule has 1 aromatic heterocycles. The second-order valence-corrected chi connectivity index (χ2v) is 6.97. The molecule has 1 N–H and O–H groups in total.